The van der Waals surface area contributed by atoms with Crippen molar-refractivity contribution in [2.45, 2.75) is 12.7 Å². The zero-order valence-electron chi connectivity index (χ0n) is 12.7. The molecule has 1 aliphatic heterocycles. The summed E-state index contributed by atoms with van der Waals surface area (Å²) in [5.74, 6) is 1.57. The van der Waals surface area contributed by atoms with Crippen LogP contribution in [0.4, 0.5) is 0 Å². The third-order valence-corrected chi connectivity index (χ3v) is 3.67. The summed E-state index contributed by atoms with van der Waals surface area (Å²) in [4.78, 5) is 0. The summed E-state index contributed by atoms with van der Waals surface area (Å²) >= 11 is 5.82. The molecule has 3 rings (SSSR count). The molecule has 2 aromatic rings. The second-order valence-corrected chi connectivity index (χ2v) is 5.58. The molecule has 5 heteroatoms. The first kappa shape index (κ1) is 16.1. The van der Waals surface area contributed by atoms with E-state index in [1.54, 1.807) is 12.1 Å². The molecule has 122 valence electrons. The topological polar surface area (TPSA) is 36.9 Å². The Labute approximate surface area is 140 Å². The maximum Gasteiger partial charge on any atom is 0.183 e. The number of benzene rings is 2. The molecule has 2 aromatic carbocycles. The molecule has 1 aliphatic rings. The van der Waals surface area contributed by atoms with E-state index in [0.29, 0.717) is 18.2 Å². The highest BCUT2D eigenvalue weighted by Gasteiger charge is 2.16. The zero-order valence-corrected chi connectivity index (χ0v) is 13.5. The fourth-order valence-corrected chi connectivity index (χ4v) is 2.38. The third kappa shape index (κ3) is 4.86. The number of halogens is 1. The van der Waals surface area contributed by atoms with Crippen molar-refractivity contribution in [1.29, 1.82) is 0 Å². The molecule has 1 fully saturated rings. The maximum absolute atomic E-state index is 5.82. The van der Waals surface area contributed by atoms with Crippen LogP contribution in [0.3, 0.4) is 0 Å². The molecule has 0 unspecified atom stereocenters. The van der Waals surface area contributed by atoms with E-state index >= 15 is 0 Å². The monoisotopic (exact) mass is 334 g/mol. The Bertz CT molecular complexity index is 591. The molecule has 1 saturated heterocycles. The Hall–Kier alpha value is -1.75. The summed E-state index contributed by atoms with van der Waals surface area (Å²) < 4.78 is 22.4. The van der Waals surface area contributed by atoms with Crippen LogP contribution in [0, 0.1) is 0 Å². The minimum Gasteiger partial charge on any atom is -0.490 e. The van der Waals surface area contributed by atoms with Gasteiger partial charge in [-0.3, -0.25) is 0 Å². The van der Waals surface area contributed by atoms with Gasteiger partial charge in [0, 0.05) is 10.6 Å². The van der Waals surface area contributed by atoms with Gasteiger partial charge in [0.15, 0.2) is 6.29 Å². The molecule has 0 spiro atoms. The van der Waals surface area contributed by atoms with Crippen molar-refractivity contribution in [2.75, 3.05) is 26.4 Å². The van der Waals surface area contributed by atoms with Gasteiger partial charge in [0.05, 0.1) is 13.2 Å². The average molecular weight is 335 g/mol. The van der Waals surface area contributed by atoms with Crippen LogP contribution in [0.25, 0.3) is 0 Å². The van der Waals surface area contributed by atoms with Crippen LogP contribution < -0.4 is 9.47 Å². The van der Waals surface area contributed by atoms with Crippen molar-refractivity contribution in [3.63, 3.8) is 0 Å². The van der Waals surface area contributed by atoms with Crippen LogP contribution >= 0.6 is 11.6 Å². The lowest BCUT2D eigenvalue weighted by molar-refractivity contribution is -0.183. The number of ether oxygens (including phenoxy) is 4. The number of hydrogen-bond donors (Lipinski definition) is 0. The summed E-state index contributed by atoms with van der Waals surface area (Å²) in [5.41, 5.74) is 1.01. The predicted molar refractivity (Wildman–Crippen MR) is 88.1 cm³/mol. The smallest absolute Gasteiger partial charge is 0.183 e. The Balaban J connectivity index is 1.42. The van der Waals surface area contributed by atoms with E-state index in [2.05, 4.69) is 0 Å². The third-order valence-electron chi connectivity index (χ3n) is 3.41. The highest BCUT2D eigenvalue weighted by atomic mass is 35.5. The average Bonchev–Trinajstić information content (AvgIpc) is 2.62. The summed E-state index contributed by atoms with van der Waals surface area (Å²) in [6, 6.07) is 15.0. The molecule has 0 aromatic heterocycles. The summed E-state index contributed by atoms with van der Waals surface area (Å²) in [7, 11) is 0. The van der Waals surface area contributed by atoms with Gasteiger partial charge in [-0.25, -0.2) is 0 Å². The largest absolute Gasteiger partial charge is 0.490 e. The van der Waals surface area contributed by atoms with E-state index in [4.69, 9.17) is 30.5 Å². The first-order valence-electron chi connectivity index (χ1n) is 7.65. The summed E-state index contributed by atoms with van der Waals surface area (Å²) in [5, 5.41) is 0.694. The van der Waals surface area contributed by atoms with Gasteiger partial charge in [0.2, 0.25) is 0 Å². The van der Waals surface area contributed by atoms with E-state index in [1.165, 1.54) is 0 Å². The van der Waals surface area contributed by atoms with Crippen molar-refractivity contribution in [3.8, 4) is 11.5 Å². The SMILES string of the molecule is Clc1ccc(OCCOc2ccc(C3OCCCO3)cc2)cc1. The summed E-state index contributed by atoms with van der Waals surface area (Å²) in [6.45, 7) is 2.42. The van der Waals surface area contributed by atoms with Gasteiger partial charge in [-0.1, -0.05) is 23.7 Å². The predicted octanol–water partition coefficient (Wildman–Crippen LogP) is 4.23. The molecule has 0 N–H and O–H groups in total. The Kier molecular flexibility index (Phi) is 5.75. The minimum atomic E-state index is -0.258. The molecule has 4 nitrogen and oxygen atoms in total. The van der Waals surface area contributed by atoms with Crippen LogP contribution in [-0.2, 0) is 9.47 Å². The minimum absolute atomic E-state index is 0.258. The van der Waals surface area contributed by atoms with Crippen molar-refractivity contribution < 1.29 is 18.9 Å². The lowest BCUT2D eigenvalue weighted by Gasteiger charge is -2.23. The van der Waals surface area contributed by atoms with E-state index in [-0.39, 0.29) is 6.29 Å². The van der Waals surface area contributed by atoms with Crippen LogP contribution in [0.2, 0.25) is 5.02 Å². The number of rotatable bonds is 6. The van der Waals surface area contributed by atoms with Crippen molar-refractivity contribution in [3.05, 3.63) is 59.1 Å². The Morgan fingerprint density at radius 2 is 1.35 bits per heavy atom. The highest BCUT2D eigenvalue weighted by Crippen LogP contribution is 2.24. The fraction of sp³-hybridized carbons (Fsp3) is 0.333. The van der Waals surface area contributed by atoms with E-state index in [9.17, 15) is 0 Å². The first-order valence-corrected chi connectivity index (χ1v) is 8.03. The Morgan fingerprint density at radius 3 is 1.91 bits per heavy atom. The second kappa shape index (κ2) is 8.20. The molecular weight excluding hydrogens is 316 g/mol. The quantitative estimate of drug-likeness (QED) is 0.741. The van der Waals surface area contributed by atoms with Crippen LogP contribution in [0.1, 0.15) is 18.3 Å². The van der Waals surface area contributed by atoms with E-state index in [1.807, 2.05) is 36.4 Å². The van der Waals surface area contributed by atoms with E-state index < -0.39 is 0 Å². The Morgan fingerprint density at radius 1 is 0.826 bits per heavy atom. The number of hydrogen-bond acceptors (Lipinski definition) is 4. The lowest BCUT2D eigenvalue weighted by Crippen LogP contribution is -2.17. The van der Waals surface area contributed by atoms with Crippen LogP contribution in [-0.4, -0.2) is 26.4 Å². The normalized spacial score (nSPS) is 15.3. The van der Waals surface area contributed by atoms with Gasteiger partial charge in [0.25, 0.3) is 0 Å². The van der Waals surface area contributed by atoms with E-state index in [0.717, 1.165) is 36.7 Å². The lowest BCUT2D eigenvalue weighted by atomic mass is 10.2. The molecule has 1 heterocycles. The standard InChI is InChI=1S/C18H19ClO4/c19-15-4-8-17(9-5-15)21-13-12-20-16-6-2-14(3-7-16)18-22-10-1-11-23-18/h2-9,18H,1,10-13H2. The van der Waals surface area contributed by atoms with Crippen LogP contribution in [0.15, 0.2) is 48.5 Å². The van der Waals surface area contributed by atoms with Crippen molar-refractivity contribution in [1.82, 2.24) is 0 Å². The molecule has 23 heavy (non-hydrogen) atoms. The summed E-state index contributed by atoms with van der Waals surface area (Å²) in [6.07, 6.45) is 0.691. The molecule has 0 saturated carbocycles. The first-order chi connectivity index (χ1) is 11.3. The van der Waals surface area contributed by atoms with Gasteiger partial charge < -0.3 is 18.9 Å². The van der Waals surface area contributed by atoms with Crippen molar-refractivity contribution in [2.24, 2.45) is 0 Å². The van der Waals surface area contributed by atoms with Gasteiger partial charge in [-0.2, -0.15) is 0 Å². The molecule has 0 amide bonds. The molecule has 0 radical (unpaired) electrons. The fourth-order valence-electron chi connectivity index (χ4n) is 2.25. The second-order valence-electron chi connectivity index (χ2n) is 5.15. The highest BCUT2D eigenvalue weighted by molar-refractivity contribution is 6.30. The maximum atomic E-state index is 5.82. The molecule has 0 bridgehead atoms. The molecule has 0 atom stereocenters. The van der Waals surface area contributed by atoms with Crippen LogP contribution in [0.5, 0.6) is 11.5 Å². The molecular formula is C18H19ClO4. The van der Waals surface area contributed by atoms with Gasteiger partial charge in [0.1, 0.15) is 24.7 Å². The van der Waals surface area contributed by atoms with Gasteiger partial charge >= 0.3 is 0 Å². The zero-order chi connectivity index (χ0) is 15.9. The van der Waals surface area contributed by atoms with Crippen molar-refractivity contribution >= 4 is 11.6 Å². The van der Waals surface area contributed by atoms with Gasteiger partial charge in [-0.05, 0) is 42.8 Å². The van der Waals surface area contributed by atoms with Gasteiger partial charge in [-0.15, -0.1) is 0 Å². The molecule has 0 aliphatic carbocycles.